The third-order valence-corrected chi connectivity index (χ3v) is 3.82. The van der Waals surface area contributed by atoms with Crippen LogP contribution in [0.4, 0.5) is 0 Å². The van der Waals surface area contributed by atoms with Crippen LogP contribution in [0.1, 0.15) is 17.8 Å². The molecule has 3 nitrogen and oxygen atoms in total. The van der Waals surface area contributed by atoms with Gasteiger partial charge in [0, 0.05) is 27.8 Å². The Hall–Kier alpha value is 0.0600. The van der Waals surface area contributed by atoms with E-state index in [1.54, 1.807) is 23.5 Å². The van der Waals surface area contributed by atoms with Crippen molar-refractivity contribution in [3.05, 3.63) is 20.8 Å². The van der Waals surface area contributed by atoms with Crippen LogP contribution in [0.25, 0.3) is 0 Å². The number of halogens is 1. The molecule has 0 amide bonds. The smallest absolute Gasteiger partial charge is 0.0839 e. The number of nitrogens with two attached hydrogens (primary N) is 1. The van der Waals surface area contributed by atoms with Crippen LogP contribution in [0.15, 0.2) is 15.9 Å². The molecule has 0 radical (unpaired) electrons. The molecule has 2 N–H and O–H groups in total. The molecule has 0 aliphatic rings. The van der Waals surface area contributed by atoms with Gasteiger partial charge < -0.3 is 10.6 Å². The Morgan fingerprint density at radius 1 is 1.64 bits per heavy atom. The van der Waals surface area contributed by atoms with Crippen molar-refractivity contribution < 1.29 is 4.84 Å². The van der Waals surface area contributed by atoms with E-state index >= 15 is 0 Å². The van der Waals surface area contributed by atoms with E-state index in [9.17, 15) is 0 Å². The molecule has 0 spiro atoms. The largest absolute Gasteiger partial charge is 0.326 e. The quantitative estimate of drug-likeness (QED) is 0.860. The average Bonchev–Trinajstić information content (AvgIpc) is 2.51. The molecule has 2 unspecified atom stereocenters. The molecule has 0 saturated carbocycles. The van der Waals surface area contributed by atoms with Crippen molar-refractivity contribution in [2.75, 3.05) is 14.2 Å². The molecule has 0 bridgehead atoms. The van der Waals surface area contributed by atoms with Gasteiger partial charge in [0.05, 0.1) is 13.2 Å². The molecule has 80 valence electrons. The van der Waals surface area contributed by atoms with Gasteiger partial charge >= 0.3 is 0 Å². The maximum atomic E-state index is 5.92. The van der Waals surface area contributed by atoms with E-state index in [-0.39, 0.29) is 12.1 Å². The molecular formula is C9H15BrN2OS. The van der Waals surface area contributed by atoms with E-state index in [1.165, 1.54) is 4.88 Å². The number of rotatable bonds is 4. The topological polar surface area (TPSA) is 38.5 Å². The van der Waals surface area contributed by atoms with E-state index < -0.39 is 0 Å². The summed E-state index contributed by atoms with van der Waals surface area (Å²) in [4.78, 5) is 6.39. The van der Waals surface area contributed by atoms with Crippen molar-refractivity contribution in [2.45, 2.75) is 19.0 Å². The Balaban J connectivity index is 2.88. The number of likely N-dealkylation sites (N-methyl/N-ethyl adjacent to an activating group) is 1. The average molecular weight is 279 g/mol. The summed E-state index contributed by atoms with van der Waals surface area (Å²) in [5.41, 5.74) is 5.92. The molecule has 0 saturated heterocycles. The van der Waals surface area contributed by atoms with Crippen LogP contribution in [-0.4, -0.2) is 25.3 Å². The summed E-state index contributed by atoms with van der Waals surface area (Å²) in [6, 6.07) is 2.22. The summed E-state index contributed by atoms with van der Waals surface area (Å²) in [7, 11) is 3.54. The number of thiophene rings is 1. The van der Waals surface area contributed by atoms with Crippen molar-refractivity contribution in [2.24, 2.45) is 5.73 Å². The normalized spacial score (nSPS) is 15.9. The number of hydroxylamine groups is 2. The molecule has 0 aliphatic carbocycles. The lowest BCUT2D eigenvalue weighted by atomic mass is 10.1. The van der Waals surface area contributed by atoms with Crippen molar-refractivity contribution in [3.63, 3.8) is 0 Å². The van der Waals surface area contributed by atoms with Crippen LogP contribution < -0.4 is 5.73 Å². The first-order valence-electron chi connectivity index (χ1n) is 4.32. The molecule has 0 fully saturated rings. The monoisotopic (exact) mass is 278 g/mol. The van der Waals surface area contributed by atoms with Crippen LogP contribution in [0, 0.1) is 0 Å². The van der Waals surface area contributed by atoms with E-state index in [4.69, 9.17) is 10.6 Å². The maximum absolute atomic E-state index is 5.92. The second-order valence-electron chi connectivity index (χ2n) is 3.20. The Labute approximate surface area is 96.9 Å². The van der Waals surface area contributed by atoms with Crippen LogP contribution in [0.3, 0.4) is 0 Å². The van der Waals surface area contributed by atoms with Gasteiger partial charge in [-0.1, -0.05) is 0 Å². The second kappa shape index (κ2) is 5.23. The van der Waals surface area contributed by atoms with Gasteiger partial charge in [-0.3, -0.25) is 0 Å². The molecule has 1 heterocycles. The fraction of sp³-hybridized carbons (Fsp3) is 0.556. The lowest BCUT2D eigenvalue weighted by Crippen LogP contribution is -2.36. The fourth-order valence-corrected chi connectivity index (χ4v) is 3.06. The Kier molecular flexibility index (Phi) is 4.53. The standard InChI is InChI=1S/C9H15BrN2OS/c1-6(11)9(12(2)13-3)8-4-7(10)5-14-8/h4-6,9H,11H2,1-3H3. The maximum Gasteiger partial charge on any atom is 0.0839 e. The zero-order chi connectivity index (χ0) is 10.7. The Bertz CT molecular complexity index is 290. The minimum absolute atomic E-state index is 0.0329. The second-order valence-corrected chi connectivity index (χ2v) is 5.06. The van der Waals surface area contributed by atoms with Gasteiger partial charge in [0.2, 0.25) is 0 Å². The van der Waals surface area contributed by atoms with E-state index in [2.05, 4.69) is 22.0 Å². The lowest BCUT2D eigenvalue weighted by molar-refractivity contribution is -0.146. The van der Waals surface area contributed by atoms with Gasteiger partial charge in [-0.15, -0.1) is 11.3 Å². The summed E-state index contributed by atoms with van der Waals surface area (Å²) < 4.78 is 1.09. The highest BCUT2D eigenvalue weighted by Gasteiger charge is 2.22. The van der Waals surface area contributed by atoms with Crippen LogP contribution in [0.2, 0.25) is 0 Å². The fourth-order valence-electron chi connectivity index (χ4n) is 1.37. The number of hydrogen-bond donors (Lipinski definition) is 1. The summed E-state index contributed by atoms with van der Waals surface area (Å²) in [6.07, 6.45) is 0. The van der Waals surface area contributed by atoms with Gasteiger partial charge in [0.1, 0.15) is 0 Å². The number of nitrogens with zero attached hydrogens (tertiary/aromatic N) is 1. The zero-order valence-electron chi connectivity index (χ0n) is 8.53. The minimum Gasteiger partial charge on any atom is -0.326 e. The molecule has 14 heavy (non-hydrogen) atoms. The van der Waals surface area contributed by atoms with E-state index in [0.29, 0.717) is 0 Å². The van der Waals surface area contributed by atoms with Crippen LogP contribution in [-0.2, 0) is 4.84 Å². The molecule has 1 rings (SSSR count). The molecule has 5 heteroatoms. The first-order valence-corrected chi connectivity index (χ1v) is 6.00. The lowest BCUT2D eigenvalue weighted by Gasteiger charge is -2.27. The zero-order valence-corrected chi connectivity index (χ0v) is 10.9. The third-order valence-electron chi connectivity index (χ3n) is 2.06. The highest BCUT2D eigenvalue weighted by atomic mass is 79.9. The summed E-state index contributed by atoms with van der Waals surface area (Å²) in [5, 5.41) is 3.83. The van der Waals surface area contributed by atoms with Crippen LogP contribution >= 0.6 is 27.3 Å². The van der Waals surface area contributed by atoms with Crippen LogP contribution in [0.5, 0.6) is 0 Å². The van der Waals surface area contributed by atoms with Gasteiger partial charge in [0.25, 0.3) is 0 Å². The predicted molar refractivity (Wildman–Crippen MR) is 63.2 cm³/mol. The summed E-state index contributed by atoms with van der Waals surface area (Å²) in [5.74, 6) is 0. The number of hydrogen-bond acceptors (Lipinski definition) is 4. The van der Waals surface area contributed by atoms with Gasteiger partial charge in [0.15, 0.2) is 0 Å². The molecule has 2 atom stereocenters. The first kappa shape index (κ1) is 12.1. The highest BCUT2D eigenvalue weighted by molar-refractivity contribution is 9.10. The molecule has 0 aromatic carbocycles. The van der Waals surface area contributed by atoms with Crippen molar-refractivity contribution >= 4 is 27.3 Å². The van der Waals surface area contributed by atoms with Crippen molar-refractivity contribution in [3.8, 4) is 0 Å². The minimum atomic E-state index is 0.0329. The van der Waals surface area contributed by atoms with Gasteiger partial charge in [-0.25, -0.2) is 0 Å². The predicted octanol–water partition coefficient (Wildman–Crippen LogP) is 2.39. The first-order chi connectivity index (χ1) is 6.56. The van der Waals surface area contributed by atoms with Crippen molar-refractivity contribution in [1.82, 2.24) is 5.06 Å². The SMILES string of the molecule is CON(C)C(c1cc(Br)cs1)C(C)N. The highest BCUT2D eigenvalue weighted by Crippen LogP contribution is 2.30. The molecular weight excluding hydrogens is 264 g/mol. The third kappa shape index (κ3) is 2.77. The van der Waals surface area contributed by atoms with E-state index in [0.717, 1.165) is 4.47 Å². The summed E-state index contributed by atoms with van der Waals surface area (Å²) >= 11 is 5.11. The Morgan fingerprint density at radius 2 is 2.29 bits per heavy atom. The molecule has 1 aromatic heterocycles. The van der Waals surface area contributed by atoms with E-state index in [1.807, 2.05) is 19.4 Å². The molecule has 1 aromatic rings. The molecule has 0 aliphatic heterocycles. The summed E-state index contributed by atoms with van der Waals surface area (Å²) in [6.45, 7) is 1.98. The van der Waals surface area contributed by atoms with Gasteiger partial charge in [-0.2, -0.15) is 5.06 Å². The van der Waals surface area contributed by atoms with Crippen molar-refractivity contribution in [1.29, 1.82) is 0 Å². The Morgan fingerprint density at radius 3 is 2.64 bits per heavy atom. The van der Waals surface area contributed by atoms with Gasteiger partial charge in [-0.05, 0) is 28.9 Å².